The maximum atomic E-state index is 14.9. The molecule has 0 saturated carbocycles. The molecule has 152 valence electrons. The molecule has 2 aromatic rings. The van der Waals surface area contributed by atoms with Crippen molar-refractivity contribution in [3.8, 4) is 0 Å². The molecule has 1 amide bonds. The summed E-state index contributed by atoms with van der Waals surface area (Å²) >= 11 is 0. The topological polar surface area (TPSA) is 68.2 Å². The van der Waals surface area contributed by atoms with E-state index in [1.165, 1.54) is 5.01 Å². The van der Waals surface area contributed by atoms with Gasteiger partial charge < -0.3 is 14.0 Å². The van der Waals surface area contributed by atoms with Crippen LogP contribution in [0.5, 0.6) is 0 Å². The molecule has 0 radical (unpaired) electrons. The lowest BCUT2D eigenvalue weighted by Gasteiger charge is -2.40. The molecule has 0 N–H and O–H groups in total. The van der Waals surface area contributed by atoms with Gasteiger partial charge in [-0.25, -0.2) is 4.79 Å². The highest BCUT2D eigenvalue weighted by atomic mass is 31.2. The second-order valence-corrected chi connectivity index (χ2v) is 10.2. The number of hydrogen-bond acceptors (Lipinski definition) is 5. The van der Waals surface area contributed by atoms with E-state index in [4.69, 9.17) is 9.47 Å². The molecule has 1 saturated heterocycles. The lowest BCUT2D eigenvalue weighted by atomic mass is 9.97. The zero-order chi connectivity index (χ0) is 20.4. The number of carbonyl (C=O) groups excluding carboxylic acids is 1. The second-order valence-electron chi connectivity index (χ2n) is 7.27. The molecular weight excluding hydrogens is 387 g/mol. The Bertz CT molecular complexity index is 904. The monoisotopic (exact) mass is 412 g/mol. The summed E-state index contributed by atoms with van der Waals surface area (Å²) in [7, 11) is -3.09. The molecule has 0 bridgehead atoms. The molecule has 0 aliphatic carbocycles. The van der Waals surface area contributed by atoms with Gasteiger partial charge in [-0.1, -0.05) is 60.7 Å². The first-order chi connectivity index (χ1) is 14.1. The van der Waals surface area contributed by atoms with E-state index in [9.17, 15) is 9.36 Å². The highest BCUT2D eigenvalue weighted by molar-refractivity contribution is 7.80. The lowest BCUT2D eigenvalue weighted by Crippen LogP contribution is -2.51. The minimum absolute atomic E-state index is 0.122. The summed E-state index contributed by atoms with van der Waals surface area (Å²) in [5.74, 6) is -0.122. The van der Waals surface area contributed by atoms with Gasteiger partial charge in [0.25, 0.3) is 0 Å². The smallest absolute Gasteiger partial charge is 0.432 e. The summed E-state index contributed by atoms with van der Waals surface area (Å²) in [6, 6.07) is 19.2. The fourth-order valence-corrected chi connectivity index (χ4v) is 7.97. The Hall–Kier alpha value is -2.43. The maximum Gasteiger partial charge on any atom is 0.432 e. The van der Waals surface area contributed by atoms with Gasteiger partial charge in [0.05, 0.1) is 12.3 Å². The van der Waals surface area contributed by atoms with Gasteiger partial charge in [0, 0.05) is 28.8 Å². The van der Waals surface area contributed by atoms with Crippen LogP contribution in [0.3, 0.4) is 0 Å². The van der Waals surface area contributed by atoms with Crippen LogP contribution in [-0.2, 0) is 14.0 Å². The van der Waals surface area contributed by atoms with E-state index in [2.05, 4.69) is 5.10 Å². The van der Waals surface area contributed by atoms with Gasteiger partial charge in [0.2, 0.25) is 0 Å². The molecule has 2 aliphatic heterocycles. The molecule has 0 aromatic heterocycles. The fourth-order valence-electron chi connectivity index (χ4n) is 4.39. The largest absolute Gasteiger partial charge is 0.448 e. The zero-order valence-corrected chi connectivity index (χ0v) is 17.5. The van der Waals surface area contributed by atoms with E-state index in [1.807, 2.05) is 67.6 Å². The lowest BCUT2D eigenvalue weighted by molar-refractivity contribution is -0.0388. The van der Waals surface area contributed by atoms with Crippen molar-refractivity contribution in [3.63, 3.8) is 0 Å². The Balaban J connectivity index is 1.86. The quantitative estimate of drug-likeness (QED) is 0.720. The molecule has 2 aromatic carbocycles. The standard InChI is InChI=1S/C22H25N2O4P/c1-3-27-22(25)24-21-19(14-15-28-21)20(16(2)23-24)29(26,17-10-6-4-7-11-17)18-12-8-5-9-13-18/h4-13,19-21H,3,14-15H2,1-2H3/t19-,20-,21-/m1/s1. The Labute approximate surface area is 170 Å². The van der Waals surface area contributed by atoms with Crippen LogP contribution in [0.1, 0.15) is 20.3 Å². The van der Waals surface area contributed by atoms with Crippen molar-refractivity contribution >= 4 is 29.6 Å². The third-order valence-corrected chi connectivity index (χ3v) is 9.24. The molecule has 29 heavy (non-hydrogen) atoms. The summed E-state index contributed by atoms with van der Waals surface area (Å²) < 4.78 is 25.9. The third-order valence-electron chi connectivity index (χ3n) is 5.57. The first-order valence-corrected chi connectivity index (χ1v) is 11.7. The van der Waals surface area contributed by atoms with Crippen molar-refractivity contribution < 1.29 is 18.8 Å². The van der Waals surface area contributed by atoms with Crippen LogP contribution in [0.4, 0.5) is 4.79 Å². The molecule has 1 fully saturated rings. The van der Waals surface area contributed by atoms with E-state index in [0.717, 1.165) is 10.6 Å². The first kappa shape index (κ1) is 19.9. The number of rotatable bonds is 4. The number of nitrogens with zero attached hydrogens (tertiary/aromatic N) is 2. The van der Waals surface area contributed by atoms with Gasteiger partial charge in [-0.2, -0.15) is 10.1 Å². The Morgan fingerprint density at radius 3 is 2.28 bits per heavy atom. The number of fused-ring (bicyclic) bond motifs is 1. The van der Waals surface area contributed by atoms with Gasteiger partial charge in [-0.3, -0.25) is 0 Å². The predicted octanol–water partition coefficient (Wildman–Crippen LogP) is 3.58. The van der Waals surface area contributed by atoms with Crippen LogP contribution in [0.25, 0.3) is 0 Å². The van der Waals surface area contributed by atoms with Crippen LogP contribution >= 0.6 is 7.14 Å². The molecule has 2 aliphatic rings. The number of benzene rings is 2. The molecule has 0 spiro atoms. The Kier molecular flexibility index (Phi) is 5.57. The summed E-state index contributed by atoms with van der Waals surface area (Å²) in [4.78, 5) is 12.4. The SMILES string of the molecule is CCOC(=O)N1N=C(C)[C@@H](P(=O)(c2ccccc2)c2ccccc2)[C@H]2CCO[C@H]21. The van der Waals surface area contributed by atoms with Crippen LogP contribution in [0.2, 0.25) is 0 Å². The van der Waals surface area contributed by atoms with Gasteiger partial charge in [-0.05, 0) is 20.3 Å². The summed E-state index contributed by atoms with van der Waals surface area (Å²) in [6.07, 6.45) is -0.387. The predicted molar refractivity (Wildman–Crippen MR) is 113 cm³/mol. The summed E-state index contributed by atoms with van der Waals surface area (Å²) in [5, 5.41) is 7.39. The fraction of sp³-hybridized carbons (Fsp3) is 0.364. The Morgan fingerprint density at radius 2 is 1.72 bits per heavy atom. The molecule has 4 rings (SSSR count). The van der Waals surface area contributed by atoms with Gasteiger partial charge in [-0.15, -0.1) is 0 Å². The van der Waals surface area contributed by atoms with Crippen molar-refractivity contribution in [3.05, 3.63) is 60.7 Å². The zero-order valence-electron chi connectivity index (χ0n) is 16.6. The van der Waals surface area contributed by atoms with E-state index in [1.54, 1.807) is 6.92 Å². The number of amides is 1. The van der Waals surface area contributed by atoms with Crippen LogP contribution in [0.15, 0.2) is 65.8 Å². The molecule has 0 unspecified atom stereocenters. The van der Waals surface area contributed by atoms with Crippen molar-refractivity contribution in [2.75, 3.05) is 13.2 Å². The highest BCUT2D eigenvalue weighted by Gasteiger charge is 2.53. The number of hydrogen-bond donors (Lipinski definition) is 0. The number of carbonyl (C=O) groups is 1. The molecule has 3 atom stereocenters. The third kappa shape index (κ3) is 3.41. The number of hydrazone groups is 1. The molecule has 6 nitrogen and oxygen atoms in total. The molecule has 2 heterocycles. The van der Waals surface area contributed by atoms with Gasteiger partial charge in [0.15, 0.2) is 13.4 Å². The van der Waals surface area contributed by atoms with E-state index < -0.39 is 19.5 Å². The average molecular weight is 412 g/mol. The second kappa shape index (κ2) is 8.13. The summed E-state index contributed by atoms with van der Waals surface area (Å²) in [6.45, 7) is 4.36. The van der Waals surface area contributed by atoms with Crippen LogP contribution in [0, 0.1) is 5.92 Å². The molecular formula is C22H25N2O4P. The Morgan fingerprint density at radius 1 is 1.14 bits per heavy atom. The van der Waals surface area contributed by atoms with E-state index >= 15 is 0 Å². The van der Waals surface area contributed by atoms with E-state index in [0.29, 0.717) is 18.7 Å². The molecule has 7 heteroatoms. The van der Waals surface area contributed by atoms with Crippen molar-refractivity contribution in [1.82, 2.24) is 5.01 Å². The highest BCUT2D eigenvalue weighted by Crippen LogP contribution is 2.56. The van der Waals surface area contributed by atoms with Crippen molar-refractivity contribution in [1.29, 1.82) is 0 Å². The van der Waals surface area contributed by atoms with Crippen molar-refractivity contribution in [2.45, 2.75) is 32.2 Å². The van der Waals surface area contributed by atoms with Crippen LogP contribution < -0.4 is 10.6 Å². The van der Waals surface area contributed by atoms with E-state index in [-0.39, 0.29) is 18.2 Å². The minimum Gasteiger partial charge on any atom is -0.448 e. The summed E-state index contributed by atoms with van der Waals surface area (Å²) in [5.41, 5.74) is 0.325. The normalized spacial score (nSPS) is 24.0. The first-order valence-electron chi connectivity index (χ1n) is 9.91. The minimum atomic E-state index is -3.09. The average Bonchev–Trinajstić information content (AvgIpc) is 3.23. The van der Waals surface area contributed by atoms with Crippen molar-refractivity contribution in [2.24, 2.45) is 11.0 Å². The number of ether oxygens (including phenoxy) is 2. The van der Waals surface area contributed by atoms with Gasteiger partial charge in [0.1, 0.15) is 0 Å². The maximum absolute atomic E-state index is 14.9. The van der Waals surface area contributed by atoms with Gasteiger partial charge >= 0.3 is 6.09 Å². The van der Waals surface area contributed by atoms with Crippen LogP contribution in [-0.4, -0.2) is 41.9 Å².